The van der Waals surface area contributed by atoms with Crippen LogP contribution in [-0.4, -0.2) is 35.9 Å². The number of nitrogens with one attached hydrogen (secondary N) is 1. The Bertz CT molecular complexity index is 884. The lowest BCUT2D eigenvalue weighted by Crippen LogP contribution is -2.48. The zero-order valence-corrected chi connectivity index (χ0v) is 20.8. The Hall–Kier alpha value is -1.95. The molecule has 0 heterocycles. The predicted molar refractivity (Wildman–Crippen MR) is 131 cm³/mol. The second-order valence-electron chi connectivity index (χ2n) is 7.94. The first kappa shape index (κ1) is 26.3. The number of amides is 2. The molecular weight excluding hydrogens is 471 g/mol. The Balaban J connectivity index is 2.05. The highest BCUT2D eigenvalue weighted by atomic mass is 35.5. The molecule has 0 aliphatic carbocycles. The van der Waals surface area contributed by atoms with Crippen molar-refractivity contribution in [2.45, 2.75) is 46.2 Å². The smallest absolute Gasteiger partial charge is 0.242 e. The van der Waals surface area contributed by atoms with Crippen LogP contribution in [0.25, 0.3) is 0 Å². The number of nitrogens with zero attached hydrogens (tertiary/aromatic N) is 1. The number of benzene rings is 2. The van der Waals surface area contributed by atoms with Gasteiger partial charge < -0.3 is 15.0 Å². The molecule has 2 amide bonds. The van der Waals surface area contributed by atoms with Crippen molar-refractivity contribution in [2.24, 2.45) is 5.92 Å². The zero-order chi connectivity index (χ0) is 23.7. The summed E-state index contributed by atoms with van der Waals surface area (Å²) in [5.41, 5.74) is 0.616. The van der Waals surface area contributed by atoms with E-state index in [1.54, 1.807) is 49.4 Å². The minimum absolute atomic E-state index is 0.144. The lowest BCUT2D eigenvalue weighted by molar-refractivity contribution is -0.140. The molecule has 2 aromatic rings. The summed E-state index contributed by atoms with van der Waals surface area (Å²) in [6.45, 7) is 6.78. The fourth-order valence-corrected chi connectivity index (χ4v) is 3.62. The van der Waals surface area contributed by atoms with Crippen molar-refractivity contribution in [1.29, 1.82) is 0 Å². The number of rotatable bonds is 11. The summed E-state index contributed by atoms with van der Waals surface area (Å²) in [5.74, 6) is 0.599. The molecule has 174 valence electrons. The number of ether oxygens (including phenoxy) is 1. The van der Waals surface area contributed by atoms with E-state index in [4.69, 9.17) is 39.5 Å². The SMILES string of the molecule is CC(C)CNC(=O)C(C)N(Cc1c(Cl)cccc1Cl)C(=O)CCCOc1ccc(Cl)cc1. The Morgan fingerprint density at radius 2 is 1.62 bits per heavy atom. The van der Waals surface area contributed by atoms with Gasteiger partial charge in [-0.05, 0) is 55.7 Å². The third-order valence-electron chi connectivity index (χ3n) is 4.86. The Morgan fingerprint density at radius 1 is 1.00 bits per heavy atom. The molecule has 0 aromatic heterocycles. The standard InChI is InChI=1S/C24H29Cl3N2O3/c1-16(2)14-28-24(31)17(3)29(15-20-21(26)6-4-7-22(20)27)23(30)8-5-13-32-19-11-9-18(25)10-12-19/h4,6-7,9-12,16-17H,5,8,13-15H2,1-3H3,(H,28,31). The Kier molecular flexibility index (Phi) is 10.6. The summed E-state index contributed by atoms with van der Waals surface area (Å²) in [6, 6.07) is 11.5. The summed E-state index contributed by atoms with van der Waals surface area (Å²) < 4.78 is 5.67. The number of carbonyl (C=O) groups is 2. The molecule has 0 fully saturated rings. The first-order valence-electron chi connectivity index (χ1n) is 10.6. The van der Waals surface area contributed by atoms with Gasteiger partial charge in [0.25, 0.3) is 0 Å². The fourth-order valence-electron chi connectivity index (χ4n) is 2.98. The van der Waals surface area contributed by atoms with Crippen LogP contribution in [0.15, 0.2) is 42.5 Å². The highest BCUT2D eigenvalue weighted by Crippen LogP contribution is 2.27. The van der Waals surface area contributed by atoms with Gasteiger partial charge in [-0.3, -0.25) is 9.59 Å². The van der Waals surface area contributed by atoms with Crippen molar-refractivity contribution in [3.63, 3.8) is 0 Å². The average Bonchev–Trinajstić information content (AvgIpc) is 2.75. The molecule has 2 rings (SSSR count). The highest BCUT2D eigenvalue weighted by molar-refractivity contribution is 6.36. The topological polar surface area (TPSA) is 58.6 Å². The van der Waals surface area contributed by atoms with Gasteiger partial charge in [-0.2, -0.15) is 0 Å². The lowest BCUT2D eigenvalue weighted by Gasteiger charge is -2.29. The molecular formula is C24H29Cl3N2O3. The van der Waals surface area contributed by atoms with E-state index in [0.29, 0.717) is 51.9 Å². The number of hydrogen-bond acceptors (Lipinski definition) is 3. The first-order valence-corrected chi connectivity index (χ1v) is 11.7. The molecule has 0 aliphatic rings. The van der Waals surface area contributed by atoms with E-state index < -0.39 is 6.04 Å². The minimum Gasteiger partial charge on any atom is -0.494 e. The molecule has 2 aromatic carbocycles. The van der Waals surface area contributed by atoms with Crippen molar-refractivity contribution in [2.75, 3.05) is 13.2 Å². The normalized spacial score (nSPS) is 11.8. The van der Waals surface area contributed by atoms with Crippen LogP contribution >= 0.6 is 34.8 Å². The third kappa shape index (κ3) is 8.19. The molecule has 5 nitrogen and oxygen atoms in total. The quantitative estimate of drug-likeness (QED) is 0.386. The average molecular weight is 500 g/mol. The van der Waals surface area contributed by atoms with E-state index in [2.05, 4.69) is 5.32 Å². The maximum absolute atomic E-state index is 13.1. The van der Waals surface area contributed by atoms with E-state index in [1.165, 1.54) is 4.90 Å². The summed E-state index contributed by atoms with van der Waals surface area (Å²) >= 11 is 18.5. The number of halogens is 3. The van der Waals surface area contributed by atoms with Gasteiger partial charge in [0.15, 0.2) is 0 Å². The van der Waals surface area contributed by atoms with Crippen LogP contribution in [0, 0.1) is 5.92 Å². The van der Waals surface area contributed by atoms with E-state index in [9.17, 15) is 9.59 Å². The molecule has 0 bridgehead atoms. The summed E-state index contributed by atoms with van der Waals surface area (Å²) in [7, 11) is 0. The maximum Gasteiger partial charge on any atom is 0.242 e. The van der Waals surface area contributed by atoms with Crippen molar-refractivity contribution < 1.29 is 14.3 Å². The van der Waals surface area contributed by atoms with Gasteiger partial charge in [0.1, 0.15) is 11.8 Å². The van der Waals surface area contributed by atoms with Crippen LogP contribution in [0.2, 0.25) is 15.1 Å². The van der Waals surface area contributed by atoms with Crippen LogP contribution in [-0.2, 0) is 16.1 Å². The maximum atomic E-state index is 13.1. The molecule has 0 spiro atoms. The van der Waals surface area contributed by atoms with Crippen LogP contribution < -0.4 is 10.1 Å². The van der Waals surface area contributed by atoms with Gasteiger partial charge in [0, 0.05) is 40.1 Å². The third-order valence-corrected chi connectivity index (χ3v) is 5.82. The first-order chi connectivity index (χ1) is 15.2. The summed E-state index contributed by atoms with van der Waals surface area (Å²) in [4.78, 5) is 27.3. The number of hydrogen-bond donors (Lipinski definition) is 1. The van der Waals surface area contributed by atoms with Crippen LogP contribution in [0.1, 0.15) is 39.2 Å². The molecule has 32 heavy (non-hydrogen) atoms. The lowest BCUT2D eigenvalue weighted by atomic mass is 10.1. The van der Waals surface area contributed by atoms with Crippen LogP contribution in [0.4, 0.5) is 0 Å². The fraction of sp³-hybridized carbons (Fsp3) is 0.417. The molecule has 1 atom stereocenters. The molecule has 0 saturated heterocycles. The van der Waals surface area contributed by atoms with Gasteiger partial charge in [-0.1, -0.05) is 54.7 Å². The van der Waals surface area contributed by atoms with Gasteiger partial charge in [-0.25, -0.2) is 0 Å². The van der Waals surface area contributed by atoms with Crippen molar-refractivity contribution in [3.05, 3.63) is 63.1 Å². The molecule has 1 N–H and O–H groups in total. The molecule has 0 radical (unpaired) electrons. The van der Waals surface area contributed by atoms with Crippen molar-refractivity contribution in [1.82, 2.24) is 10.2 Å². The van der Waals surface area contributed by atoms with Gasteiger partial charge >= 0.3 is 0 Å². The van der Waals surface area contributed by atoms with Gasteiger partial charge in [0.2, 0.25) is 11.8 Å². The Morgan fingerprint density at radius 3 is 2.22 bits per heavy atom. The van der Waals surface area contributed by atoms with Crippen LogP contribution in [0.5, 0.6) is 5.75 Å². The van der Waals surface area contributed by atoms with E-state index in [-0.39, 0.29) is 24.8 Å². The minimum atomic E-state index is -0.675. The summed E-state index contributed by atoms with van der Waals surface area (Å²) in [5, 5.41) is 4.43. The molecule has 1 unspecified atom stereocenters. The monoisotopic (exact) mass is 498 g/mol. The van der Waals surface area contributed by atoms with E-state index in [1.807, 2.05) is 13.8 Å². The zero-order valence-electron chi connectivity index (χ0n) is 18.5. The highest BCUT2D eigenvalue weighted by Gasteiger charge is 2.27. The van der Waals surface area contributed by atoms with Gasteiger partial charge in [0.05, 0.1) is 6.61 Å². The molecule has 8 heteroatoms. The molecule has 0 saturated carbocycles. The largest absolute Gasteiger partial charge is 0.494 e. The van der Waals surface area contributed by atoms with E-state index in [0.717, 1.165) is 0 Å². The van der Waals surface area contributed by atoms with Gasteiger partial charge in [-0.15, -0.1) is 0 Å². The second-order valence-corrected chi connectivity index (χ2v) is 9.19. The predicted octanol–water partition coefficient (Wildman–Crippen LogP) is 6.00. The van der Waals surface area contributed by atoms with E-state index >= 15 is 0 Å². The number of carbonyl (C=O) groups excluding carboxylic acids is 2. The van der Waals surface area contributed by atoms with Crippen LogP contribution in [0.3, 0.4) is 0 Å². The Labute approximate surface area is 205 Å². The summed E-state index contributed by atoms with van der Waals surface area (Å²) in [6.07, 6.45) is 0.714. The second kappa shape index (κ2) is 12.9. The molecule has 0 aliphatic heterocycles. The van der Waals surface area contributed by atoms with Crippen molar-refractivity contribution >= 4 is 46.6 Å². The van der Waals surface area contributed by atoms with Crippen molar-refractivity contribution in [3.8, 4) is 5.75 Å².